The van der Waals surface area contributed by atoms with E-state index in [1.165, 1.54) is 0 Å². The number of rotatable bonds is 0. The molecule has 0 aromatic carbocycles. The van der Waals surface area contributed by atoms with Crippen LogP contribution >= 0.6 is 0 Å². The van der Waals surface area contributed by atoms with Crippen LogP contribution in [-0.2, 0) is 9.59 Å². The molecule has 4 aliphatic carbocycles. The Kier molecular flexibility index (Phi) is 1.15. The van der Waals surface area contributed by atoms with Crippen LogP contribution in [0, 0.1) is 35.5 Å². The van der Waals surface area contributed by atoms with E-state index in [4.69, 9.17) is 0 Å². The quantitative estimate of drug-likeness (QED) is 0.579. The van der Waals surface area contributed by atoms with Crippen molar-refractivity contribution < 1.29 is 9.59 Å². The van der Waals surface area contributed by atoms with Crippen LogP contribution in [0.4, 0.5) is 0 Å². The molecule has 4 aliphatic rings. The fourth-order valence-electron chi connectivity index (χ4n) is 5.00. The Balaban J connectivity index is 1.89. The van der Waals surface area contributed by atoms with Crippen molar-refractivity contribution in [2.75, 3.05) is 0 Å². The average Bonchev–Trinajstić information content (AvgIpc) is 2.83. The molecule has 0 heterocycles. The van der Waals surface area contributed by atoms with Gasteiger partial charge in [-0.25, -0.2) is 0 Å². The van der Waals surface area contributed by atoms with Crippen molar-refractivity contribution in [2.24, 2.45) is 35.5 Å². The standard InChI is InChI=1S/C12H14O2/c13-11-5-1-2-6-9(5)10-7(11)3-4-8(10)12(6)14/h5-10H,1-4H2/t5-,6-,7-,8+,9?,10?/m1/s1. The first-order chi connectivity index (χ1) is 6.79. The minimum atomic E-state index is 0.296. The Morgan fingerprint density at radius 3 is 1.21 bits per heavy atom. The normalized spacial score (nSPS) is 58.6. The molecule has 0 saturated heterocycles. The van der Waals surface area contributed by atoms with Crippen molar-refractivity contribution in [3.05, 3.63) is 0 Å². The summed E-state index contributed by atoms with van der Waals surface area (Å²) in [6.07, 6.45) is 4.05. The van der Waals surface area contributed by atoms with E-state index < -0.39 is 0 Å². The van der Waals surface area contributed by atoms with Crippen molar-refractivity contribution in [2.45, 2.75) is 25.7 Å². The van der Waals surface area contributed by atoms with E-state index in [0.29, 0.717) is 47.1 Å². The average molecular weight is 190 g/mol. The number of hydrogen-bond donors (Lipinski definition) is 0. The van der Waals surface area contributed by atoms with Crippen molar-refractivity contribution in [1.82, 2.24) is 0 Å². The molecule has 0 amide bonds. The van der Waals surface area contributed by atoms with Gasteiger partial charge in [-0.05, 0) is 37.5 Å². The molecule has 0 aromatic rings. The summed E-state index contributed by atoms with van der Waals surface area (Å²) in [5.74, 6) is 3.22. The first-order valence-corrected chi connectivity index (χ1v) is 5.86. The summed E-state index contributed by atoms with van der Waals surface area (Å²) in [6, 6.07) is 0. The molecular weight excluding hydrogens is 176 g/mol. The Hall–Kier alpha value is -0.660. The van der Waals surface area contributed by atoms with Crippen LogP contribution in [0.25, 0.3) is 0 Å². The Morgan fingerprint density at radius 2 is 0.929 bits per heavy atom. The van der Waals surface area contributed by atoms with Crippen LogP contribution in [0.3, 0.4) is 0 Å². The number of Topliss-reactive ketones (excluding diaryl/α,β-unsaturated/α-hetero) is 2. The van der Waals surface area contributed by atoms with Crippen LogP contribution in [0.5, 0.6) is 0 Å². The van der Waals surface area contributed by atoms with Gasteiger partial charge in [0.2, 0.25) is 0 Å². The molecule has 0 N–H and O–H groups in total. The fraction of sp³-hybridized carbons (Fsp3) is 0.833. The molecule has 0 radical (unpaired) electrons. The second kappa shape index (κ2) is 2.12. The summed E-state index contributed by atoms with van der Waals surface area (Å²) in [5.41, 5.74) is 0. The molecule has 4 fully saturated rings. The lowest BCUT2D eigenvalue weighted by atomic mass is 9.90. The number of carbonyl (C=O) groups excluding carboxylic acids is 2. The predicted octanol–water partition coefficient (Wildman–Crippen LogP) is 1.44. The summed E-state index contributed by atoms with van der Waals surface area (Å²) in [7, 11) is 0. The molecular formula is C12H14O2. The highest BCUT2D eigenvalue weighted by Crippen LogP contribution is 2.64. The predicted molar refractivity (Wildman–Crippen MR) is 49.4 cm³/mol. The number of hydrogen-bond acceptors (Lipinski definition) is 2. The molecule has 14 heavy (non-hydrogen) atoms. The van der Waals surface area contributed by atoms with E-state index in [1.807, 2.05) is 0 Å². The highest BCUT2D eigenvalue weighted by atomic mass is 16.1. The zero-order valence-electron chi connectivity index (χ0n) is 8.11. The van der Waals surface area contributed by atoms with Crippen molar-refractivity contribution in [3.8, 4) is 0 Å². The van der Waals surface area contributed by atoms with Gasteiger partial charge in [0.25, 0.3) is 0 Å². The Labute approximate surface area is 83.1 Å². The van der Waals surface area contributed by atoms with E-state index in [1.54, 1.807) is 0 Å². The van der Waals surface area contributed by atoms with E-state index in [2.05, 4.69) is 0 Å². The lowest BCUT2D eigenvalue weighted by molar-refractivity contribution is -0.125. The Bertz CT molecular complexity index is 284. The van der Waals surface area contributed by atoms with Crippen molar-refractivity contribution in [1.29, 1.82) is 0 Å². The third-order valence-electron chi connectivity index (χ3n) is 5.34. The maximum Gasteiger partial charge on any atom is 0.139 e. The molecule has 0 aliphatic heterocycles. The zero-order chi connectivity index (χ0) is 9.45. The van der Waals surface area contributed by atoms with Gasteiger partial charge in [-0.2, -0.15) is 0 Å². The number of ketones is 2. The molecule has 6 atom stereocenters. The molecule has 0 aromatic heterocycles. The summed E-state index contributed by atoms with van der Waals surface area (Å²) >= 11 is 0. The molecule has 4 rings (SSSR count). The van der Waals surface area contributed by atoms with Gasteiger partial charge < -0.3 is 0 Å². The van der Waals surface area contributed by atoms with Gasteiger partial charge in [0.15, 0.2) is 0 Å². The van der Waals surface area contributed by atoms with Gasteiger partial charge in [0.05, 0.1) is 0 Å². The van der Waals surface area contributed by atoms with E-state index in [-0.39, 0.29) is 0 Å². The third-order valence-corrected chi connectivity index (χ3v) is 5.34. The topological polar surface area (TPSA) is 34.1 Å². The van der Waals surface area contributed by atoms with Crippen LogP contribution in [-0.4, -0.2) is 11.6 Å². The molecule has 2 nitrogen and oxygen atoms in total. The highest BCUT2D eigenvalue weighted by Gasteiger charge is 2.66. The molecule has 74 valence electrons. The minimum absolute atomic E-state index is 0.296. The van der Waals surface area contributed by atoms with Gasteiger partial charge in [-0.3, -0.25) is 9.59 Å². The monoisotopic (exact) mass is 190 g/mol. The largest absolute Gasteiger partial charge is 0.299 e. The lowest BCUT2D eigenvalue weighted by Crippen LogP contribution is -2.16. The second-order valence-electron chi connectivity index (χ2n) is 5.54. The van der Waals surface area contributed by atoms with Crippen LogP contribution in [0.1, 0.15) is 25.7 Å². The van der Waals surface area contributed by atoms with Gasteiger partial charge in [-0.15, -0.1) is 0 Å². The minimum Gasteiger partial charge on any atom is -0.299 e. The van der Waals surface area contributed by atoms with E-state index in [0.717, 1.165) is 25.7 Å². The summed E-state index contributed by atoms with van der Waals surface area (Å²) < 4.78 is 0. The van der Waals surface area contributed by atoms with Gasteiger partial charge in [0.1, 0.15) is 11.6 Å². The van der Waals surface area contributed by atoms with Crippen molar-refractivity contribution in [3.63, 3.8) is 0 Å². The van der Waals surface area contributed by atoms with Crippen LogP contribution < -0.4 is 0 Å². The lowest BCUT2D eigenvalue weighted by Gasteiger charge is -2.12. The SMILES string of the molecule is O=C1[C@H]2CC[C@H]3C(=O)[C@@H]4CC[C@@H]1C4C23. The second-order valence-corrected chi connectivity index (χ2v) is 5.54. The molecule has 0 spiro atoms. The molecule has 4 saturated carbocycles. The molecule has 2 heteroatoms. The van der Waals surface area contributed by atoms with E-state index >= 15 is 0 Å². The third kappa shape index (κ3) is 0.590. The number of carbonyl (C=O) groups is 2. The first kappa shape index (κ1) is 7.61. The first-order valence-electron chi connectivity index (χ1n) is 5.86. The van der Waals surface area contributed by atoms with Crippen LogP contribution in [0.2, 0.25) is 0 Å². The zero-order valence-corrected chi connectivity index (χ0v) is 8.11. The fourth-order valence-corrected chi connectivity index (χ4v) is 5.00. The molecule has 2 unspecified atom stereocenters. The highest BCUT2D eigenvalue weighted by molar-refractivity contribution is 5.96. The Morgan fingerprint density at radius 1 is 0.643 bits per heavy atom. The summed E-state index contributed by atoms with van der Waals surface area (Å²) in [6.45, 7) is 0. The summed E-state index contributed by atoms with van der Waals surface area (Å²) in [4.78, 5) is 24.1. The van der Waals surface area contributed by atoms with Gasteiger partial charge in [0, 0.05) is 23.7 Å². The molecule has 0 bridgehead atoms. The van der Waals surface area contributed by atoms with Crippen LogP contribution in [0.15, 0.2) is 0 Å². The van der Waals surface area contributed by atoms with Gasteiger partial charge >= 0.3 is 0 Å². The smallest absolute Gasteiger partial charge is 0.139 e. The van der Waals surface area contributed by atoms with Crippen molar-refractivity contribution >= 4 is 11.6 Å². The maximum atomic E-state index is 12.0. The van der Waals surface area contributed by atoms with E-state index in [9.17, 15) is 9.59 Å². The maximum absolute atomic E-state index is 12.0. The summed E-state index contributed by atoms with van der Waals surface area (Å²) in [5, 5.41) is 0. The van der Waals surface area contributed by atoms with Gasteiger partial charge in [-0.1, -0.05) is 0 Å².